The highest BCUT2D eigenvalue weighted by atomic mass is 19.1. The molecule has 0 saturated heterocycles. The maximum atomic E-state index is 13.2. The van der Waals surface area contributed by atoms with E-state index >= 15 is 0 Å². The van der Waals surface area contributed by atoms with Crippen LogP contribution < -0.4 is 16.1 Å². The van der Waals surface area contributed by atoms with Crippen molar-refractivity contribution in [2.75, 3.05) is 5.73 Å². The molecule has 3 N–H and O–H groups in total. The number of hydrogen-bond donors (Lipinski definition) is 2. The van der Waals surface area contributed by atoms with E-state index in [4.69, 9.17) is 17.0 Å². The van der Waals surface area contributed by atoms with Crippen molar-refractivity contribution in [3.63, 3.8) is 0 Å². The van der Waals surface area contributed by atoms with Gasteiger partial charge in [0.2, 0.25) is 0 Å². The van der Waals surface area contributed by atoms with Crippen molar-refractivity contribution in [2.24, 2.45) is 0 Å². The van der Waals surface area contributed by atoms with Crippen LogP contribution in [0.15, 0.2) is 12.1 Å². The molecule has 5 heteroatoms. The van der Waals surface area contributed by atoms with E-state index in [2.05, 4.69) is 11.4 Å². The molecule has 2 rings (SSSR count). The zero-order valence-corrected chi connectivity index (χ0v) is 8.29. The topological polar surface area (TPSA) is 64.3 Å². The normalized spacial score (nSPS) is 18.0. The van der Waals surface area contributed by atoms with Crippen molar-refractivity contribution < 1.29 is 14.0 Å². The zero-order valence-electron chi connectivity index (χ0n) is 8.29. The molecule has 0 radical (unpaired) electrons. The first-order valence-corrected chi connectivity index (χ1v) is 4.62. The number of halogens is 1. The van der Waals surface area contributed by atoms with Crippen molar-refractivity contribution >= 4 is 11.6 Å². The monoisotopic (exact) mass is 220 g/mol. The highest BCUT2D eigenvalue weighted by Crippen LogP contribution is 2.34. The lowest BCUT2D eigenvalue weighted by atomic mass is 9.93. The van der Waals surface area contributed by atoms with Crippen LogP contribution in [0.4, 0.5) is 10.1 Å². The molecule has 0 aliphatic carbocycles. The third-order valence-electron chi connectivity index (χ3n) is 2.40. The Morgan fingerprint density at radius 1 is 1.62 bits per heavy atom. The van der Waals surface area contributed by atoms with Gasteiger partial charge in [0, 0.05) is 18.1 Å². The summed E-state index contributed by atoms with van der Waals surface area (Å²) in [7, 11) is 0. The van der Waals surface area contributed by atoms with E-state index in [0.717, 1.165) is 6.07 Å². The largest absolute Gasteiger partial charge is 0.396 e. The number of anilines is 1. The molecule has 16 heavy (non-hydrogen) atoms. The van der Waals surface area contributed by atoms with E-state index in [1.165, 1.54) is 6.07 Å². The summed E-state index contributed by atoms with van der Waals surface area (Å²) in [6, 6.07) is 2.51. The number of nitrogen functional groups attached to an aromatic ring is 1. The minimum atomic E-state index is -0.589. The smallest absolute Gasteiger partial charge is 0.261 e. The Kier molecular flexibility index (Phi) is 2.41. The third kappa shape index (κ3) is 1.54. The number of fused-ring (bicyclic) bond motifs is 1. The number of rotatable bonds is 1. The highest BCUT2D eigenvalue weighted by molar-refractivity contribution is 5.86. The van der Waals surface area contributed by atoms with Gasteiger partial charge in [0.25, 0.3) is 5.91 Å². The number of carbonyl (C=O) groups is 1. The molecule has 1 aliphatic heterocycles. The second kappa shape index (κ2) is 3.74. The fourth-order valence-electron chi connectivity index (χ4n) is 1.59. The van der Waals surface area contributed by atoms with Crippen molar-refractivity contribution in [1.29, 1.82) is 0 Å². The standard InChI is InChI=1S/C11H9FN2O2/c1-2-3-6-7-4-9(13)8(12)5-10(7)16-14-11(6)15/h1,4-6H,3,13H2,(H,14,15). The van der Waals surface area contributed by atoms with E-state index in [1.807, 2.05) is 0 Å². The van der Waals surface area contributed by atoms with E-state index < -0.39 is 11.7 Å². The van der Waals surface area contributed by atoms with Gasteiger partial charge in [-0.3, -0.25) is 4.79 Å². The minimum absolute atomic E-state index is 0.0286. The van der Waals surface area contributed by atoms with E-state index in [-0.39, 0.29) is 23.8 Å². The molecule has 1 aliphatic rings. The lowest BCUT2D eigenvalue weighted by molar-refractivity contribution is -0.130. The van der Waals surface area contributed by atoms with Crippen LogP contribution in [0.1, 0.15) is 17.9 Å². The summed E-state index contributed by atoms with van der Waals surface area (Å²) < 4.78 is 13.2. The Balaban J connectivity index is 2.51. The first kappa shape index (κ1) is 10.3. The second-order valence-corrected chi connectivity index (χ2v) is 3.44. The SMILES string of the molecule is C#CCC1C(=O)NOc2cc(F)c(N)cc21. The Labute approximate surface area is 91.5 Å². The van der Waals surface area contributed by atoms with Gasteiger partial charge < -0.3 is 10.6 Å². The lowest BCUT2D eigenvalue weighted by Gasteiger charge is -2.24. The number of nitrogens with one attached hydrogen (secondary N) is 1. The molecule has 1 atom stereocenters. The second-order valence-electron chi connectivity index (χ2n) is 3.44. The van der Waals surface area contributed by atoms with Crippen LogP contribution in [0.3, 0.4) is 0 Å². The zero-order chi connectivity index (χ0) is 11.7. The maximum Gasteiger partial charge on any atom is 0.261 e. The molecular formula is C11H9FN2O2. The van der Waals surface area contributed by atoms with Gasteiger partial charge in [-0.05, 0) is 6.07 Å². The number of hydrogen-bond acceptors (Lipinski definition) is 3. The molecule has 1 amide bonds. The van der Waals surface area contributed by atoms with Crippen LogP contribution in [0, 0.1) is 18.2 Å². The molecule has 1 heterocycles. The van der Waals surface area contributed by atoms with E-state index in [0.29, 0.717) is 5.56 Å². The fourth-order valence-corrected chi connectivity index (χ4v) is 1.59. The third-order valence-corrected chi connectivity index (χ3v) is 2.40. The van der Waals surface area contributed by atoms with Gasteiger partial charge in [-0.15, -0.1) is 12.3 Å². The van der Waals surface area contributed by atoms with Gasteiger partial charge >= 0.3 is 0 Å². The summed E-state index contributed by atoms with van der Waals surface area (Å²) >= 11 is 0. The number of nitrogens with two attached hydrogens (primary N) is 1. The van der Waals surface area contributed by atoms with Gasteiger partial charge in [0.05, 0.1) is 11.6 Å². The maximum absolute atomic E-state index is 13.2. The molecule has 0 spiro atoms. The van der Waals surface area contributed by atoms with Crippen LogP contribution in [0.25, 0.3) is 0 Å². The Morgan fingerprint density at radius 3 is 3.06 bits per heavy atom. The Morgan fingerprint density at radius 2 is 2.38 bits per heavy atom. The lowest BCUT2D eigenvalue weighted by Crippen LogP contribution is -2.37. The number of benzene rings is 1. The summed E-state index contributed by atoms with van der Waals surface area (Å²) in [6.45, 7) is 0. The van der Waals surface area contributed by atoms with Crippen LogP contribution in [0.5, 0.6) is 5.75 Å². The first-order chi connectivity index (χ1) is 7.63. The predicted octanol–water partition coefficient (Wildman–Crippen LogP) is 0.938. The van der Waals surface area contributed by atoms with Crippen LogP contribution in [-0.2, 0) is 4.79 Å². The molecule has 4 nitrogen and oxygen atoms in total. The van der Waals surface area contributed by atoms with Crippen LogP contribution in [-0.4, -0.2) is 5.91 Å². The molecule has 0 bridgehead atoms. The predicted molar refractivity (Wildman–Crippen MR) is 55.8 cm³/mol. The first-order valence-electron chi connectivity index (χ1n) is 4.62. The molecule has 1 aromatic rings. The highest BCUT2D eigenvalue weighted by Gasteiger charge is 2.29. The van der Waals surface area contributed by atoms with Crippen molar-refractivity contribution in [2.45, 2.75) is 12.3 Å². The minimum Gasteiger partial charge on any atom is -0.396 e. The Bertz CT molecular complexity index is 493. The summed E-state index contributed by atoms with van der Waals surface area (Å²) in [4.78, 5) is 16.4. The average Bonchev–Trinajstić information content (AvgIpc) is 2.25. The summed E-state index contributed by atoms with van der Waals surface area (Å²) in [5.41, 5.74) is 8.10. The molecule has 0 aromatic heterocycles. The van der Waals surface area contributed by atoms with Gasteiger partial charge in [-0.1, -0.05) is 0 Å². The molecule has 0 saturated carbocycles. The Hall–Kier alpha value is -2.22. The number of terminal acetylenes is 1. The van der Waals surface area contributed by atoms with Gasteiger partial charge in [0.15, 0.2) is 5.75 Å². The van der Waals surface area contributed by atoms with Gasteiger partial charge in [0.1, 0.15) is 5.82 Å². The van der Waals surface area contributed by atoms with Crippen molar-refractivity contribution in [1.82, 2.24) is 5.48 Å². The molecule has 1 unspecified atom stereocenters. The van der Waals surface area contributed by atoms with Gasteiger partial charge in [-0.2, -0.15) is 5.48 Å². The summed E-state index contributed by atoms with van der Waals surface area (Å²) in [6.07, 6.45) is 5.39. The van der Waals surface area contributed by atoms with Crippen LogP contribution in [0.2, 0.25) is 0 Å². The van der Waals surface area contributed by atoms with E-state index in [1.54, 1.807) is 0 Å². The summed E-state index contributed by atoms with van der Waals surface area (Å²) in [5, 5.41) is 0. The molecule has 82 valence electrons. The molecular weight excluding hydrogens is 211 g/mol. The van der Waals surface area contributed by atoms with E-state index in [9.17, 15) is 9.18 Å². The number of amides is 1. The van der Waals surface area contributed by atoms with Crippen LogP contribution >= 0.6 is 0 Å². The van der Waals surface area contributed by atoms with Crippen molar-refractivity contribution in [3.8, 4) is 18.1 Å². The fraction of sp³-hybridized carbons (Fsp3) is 0.182. The average molecular weight is 220 g/mol. The number of carbonyl (C=O) groups excluding carboxylic acids is 1. The molecule has 0 fully saturated rings. The van der Waals surface area contributed by atoms with Crippen molar-refractivity contribution in [3.05, 3.63) is 23.5 Å². The quantitative estimate of drug-likeness (QED) is 0.546. The van der Waals surface area contributed by atoms with Gasteiger partial charge in [-0.25, -0.2) is 4.39 Å². The molecule has 1 aromatic carbocycles. The summed E-state index contributed by atoms with van der Waals surface area (Å²) in [5.74, 6) is 1.15. The number of hydroxylamine groups is 1.